The normalized spacial score (nSPS) is 28.8. The van der Waals surface area contributed by atoms with Gasteiger partial charge in [-0.05, 0) is 93.6 Å². The molecule has 3 amide bonds. The molecule has 2 aromatic rings. The zero-order valence-electron chi connectivity index (χ0n) is 34.7. The maximum Gasteiger partial charge on any atom is 0.254 e. The van der Waals surface area contributed by atoms with Crippen LogP contribution in [0.4, 0.5) is 5.69 Å². The van der Waals surface area contributed by atoms with Crippen molar-refractivity contribution < 1.29 is 34.2 Å². The molecule has 0 unspecified atom stereocenters. The predicted molar refractivity (Wildman–Crippen MR) is 216 cm³/mol. The fourth-order valence-electron chi connectivity index (χ4n) is 9.95. The smallest absolute Gasteiger partial charge is 0.254 e. The summed E-state index contributed by atoms with van der Waals surface area (Å²) in [5, 5.41) is 29.3. The van der Waals surface area contributed by atoms with Crippen LogP contribution in [0, 0.1) is 29.1 Å². The summed E-state index contributed by atoms with van der Waals surface area (Å²) < 4.78 is 6.09. The lowest BCUT2D eigenvalue weighted by atomic mass is 9.45. The van der Waals surface area contributed by atoms with E-state index in [-0.39, 0.29) is 42.3 Å². The first-order valence-corrected chi connectivity index (χ1v) is 20.3. The number of carbonyl (C=O) groups is 3. The molecule has 2 aliphatic heterocycles. The quantitative estimate of drug-likeness (QED) is 0.225. The van der Waals surface area contributed by atoms with Crippen LogP contribution >= 0.6 is 0 Å². The van der Waals surface area contributed by atoms with E-state index in [1.54, 1.807) is 24.0 Å². The molecule has 4 N–H and O–H groups in total. The molecule has 2 saturated heterocycles. The molecule has 2 heterocycles. The topological polar surface area (TPSA) is 147 Å². The van der Waals surface area contributed by atoms with Gasteiger partial charge in [0.25, 0.3) is 5.91 Å². The Hall–Kier alpha value is -3.75. The van der Waals surface area contributed by atoms with E-state index in [1.165, 1.54) is 6.42 Å². The van der Waals surface area contributed by atoms with Gasteiger partial charge in [-0.25, -0.2) is 0 Å². The predicted octanol–water partition coefficient (Wildman–Crippen LogP) is 3.37. The monoisotopic (exact) mass is 776 g/mol. The number of fused-ring (bicyclic) bond motifs is 2. The second kappa shape index (κ2) is 17.0. The molecule has 0 aromatic heterocycles. The second-order valence-electron chi connectivity index (χ2n) is 17.6. The Balaban J connectivity index is 1.28. The van der Waals surface area contributed by atoms with Gasteiger partial charge in [0.1, 0.15) is 23.9 Å². The first kappa shape index (κ1) is 41.9. The molecule has 13 heteroatoms. The van der Waals surface area contributed by atoms with Crippen LogP contribution in [0.2, 0.25) is 0 Å². The number of amides is 3. The number of aliphatic hydroxyl groups excluding tert-OH is 2. The summed E-state index contributed by atoms with van der Waals surface area (Å²) in [5.74, 6) is 0.758. The van der Waals surface area contributed by atoms with E-state index in [4.69, 9.17) is 9.57 Å². The Morgan fingerprint density at radius 3 is 2.46 bits per heavy atom. The van der Waals surface area contributed by atoms with Crippen LogP contribution in [0.5, 0.6) is 5.75 Å². The molecular formula is C43H64N6O7. The number of hydrogen-bond donors (Lipinski definition) is 4. The van der Waals surface area contributed by atoms with Gasteiger partial charge in [-0.3, -0.25) is 19.2 Å². The summed E-state index contributed by atoms with van der Waals surface area (Å²) in [6.07, 6.45) is 1.78. The van der Waals surface area contributed by atoms with Crippen molar-refractivity contribution in [3.05, 3.63) is 47.5 Å². The number of ether oxygens (including phenoxy) is 1. The fourth-order valence-corrected chi connectivity index (χ4v) is 9.95. The lowest BCUT2D eigenvalue weighted by Crippen LogP contribution is -2.62. The first-order chi connectivity index (χ1) is 26.6. The number of carbonyl (C=O) groups excluding carboxylic acids is 3. The van der Waals surface area contributed by atoms with Crippen molar-refractivity contribution >= 4 is 23.4 Å². The zero-order chi connectivity index (χ0) is 40.6. The molecule has 13 nitrogen and oxygen atoms in total. The molecule has 9 atom stereocenters. The minimum atomic E-state index is -0.915. The average Bonchev–Trinajstić information content (AvgIpc) is 3.80. The number of para-hydroxylation sites is 1. The first-order valence-electron chi connectivity index (χ1n) is 20.3. The number of benzene rings is 2. The van der Waals surface area contributed by atoms with Crippen LogP contribution in [0.25, 0.3) is 11.1 Å². The van der Waals surface area contributed by atoms with E-state index < -0.39 is 30.2 Å². The van der Waals surface area contributed by atoms with Gasteiger partial charge < -0.3 is 40.3 Å². The molecule has 7 rings (SSSR count). The fraction of sp³-hybridized carbons (Fsp3) is 0.651. The Bertz CT molecular complexity index is 1750. The number of aliphatic hydroxyl groups is 2. The number of anilines is 1. The Morgan fingerprint density at radius 2 is 1.84 bits per heavy atom. The summed E-state index contributed by atoms with van der Waals surface area (Å²) in [6.45, 7) is 10.0. The SMILES string of the molecule is COc1c(CN2O[C@@H](CO)[C@H]([C@H](C)O)[C@H]2C(=O)N[C@H]2C[C@@H]3C[C@H]([C@@H]2C)C3(C)C)cccc1-c1cc(C(=O)N2CCC[C@H]2C(=O)NCCN(C)C)cc(N(C)C)c1. The number of likely N-dealkylation sites (N-methyl/N-ethyl adjacent to an activating group) is 1. The number of rotatable bonds is 14. The third-order valence-corrected chi connectivity index (χ3v) is 13.4. The number of methoxy groups -OCH3 is 1. The molecular weight excluding hydrogens is 713 g/mol. The van der Waals surface area contributed by atoms with Crippen LogP contribution in [0.15, 0.2) is 36.4 Å². The zero-order valence-corrected chi connectivity index (χ0v) is 34.7. The largest absolute Gasteiger partial charge is 0.496 e. The highest BCUT2D eigenvalue weighted by Crippen LogP contribution is 2.61. The van der Waals surface area contributed by atoms with E-state index in [2.05, 4.69) is 31.4 Å². The maximum absolute atomic E-state index is 14.3. The van der Waals surface area contributed by atoms with Crippen molar-refractivity contribution in [3.8, 4) is 16.9 Å². The van der Waals surface area contributed by atoms with Crippen molar-refractivity contribution in [2.45, 2.75) is 90.3 Å². The number of hydrogen-bond acceptors (Lipinski definition) is 10. The Labute approximate surface area is 332 Å². The van der Waals surface area contributed by atoms with Gasteiger partial charge in [-0.1, -0.05) is 39.0 Å². The molecule has 5 fully saturated rings. The van der Waals surface area contributed by atoms with E-state index in [1.807, 2.05) is 74.4 Å². The average molecular weight is 777 g/mol. The molecule has 56 heavy (non-hydrogen) atoms. The van der Waals surface area contributed by atoms with Crippen LogP contribution in [-0.4, -0.2) is 135 Å². The number of likely N-dealkylation sites (tertiary alicyclic amines) is 1. The Morgan fingerprint density at radius 1 is 1.09 bits per heavy atom. The third-order valence-electron chi connectivity index (χ3n) is 13.4. The van der Waals surface area contributed by atoms with Crippen LogP contribution in [-0.2, 0) is 21.0 Å². The van der Waals surface area contributed by atoms with Crippen molar-refractivity contribution in [2.75, 3.05) is 66.4 Å². The number of nitrogens with one attached hydrogen (secondary N) is 2. The van der Waals surface area contributed by atoms with E-state index in [0.717, 1.165) is 35.2 Å². The Kier molecular flexibility index (Phi) is 12.7. The highest BCUT2D eigenvalue weighted by molar-refractivity contribution is 6.00. The van der Waals surface area contributed by atoms with Gasteiger partial charge >= 0.3 is 0 Å². The number of hydroxylamine groups is 2. The van der Waals surface area contributed by atoms with Crippen molar-refractivity contribution in [3.63, 3.8) is 0 Å². The molecule has 308 valence electrons. The molecule has 0 spiro atoms. The number of nitrogens with zero attached hydrogens (tertiary/aromatic N) is 4. The molecule has 2 aromatic carbocycles. The van der Waals surface area contributed by atoms with E-state index in [9.17, 15) is 24.6 Å². The van der Waals surface area contributed by atoms with Gasteiger partial charge in [-0.2, -0.15) is 5.06 Å². The van der Waals surface area contributed by atoms with Crippen LogP contribution in [0.3, 0.4) is 0 Å². The summed E-state index contributed by atoms with van der Waals surface area (Å²) in [5.41, 5.74) is 3.78. The standard InChI is InChI=1S/C43H64N6O7/c1-25-33-21-30(43(33,3)4)22-34(25)45-41(53)38-37(26(2)51)36(24-50)56-49(38)23-27-12-10-13-32(39(27)55-9)28-18-29(20-31(19-28)47(7)8)42(54)48-16-11-14-35(48)40(52)44-15-17-46(5)6/h10,12-13,18-20,25-26,30,33-38,50-51H,11,14-17,21-24H2,1-9H3,(H,44,52)(H,45,53)/t25-,26-,30-,33+,34-,35-,36-,37-,38-/m0/s1. The highest BCUT2D eigenvalue weighted by atomic mass is 16.7. The minimum Gasteiger partial charge on any atom is -0.496 e. The maximum atomic E-state index is 14.3. The molecule has 0 radical (unpaired) electrons. The molecule has 3 aliphatic carbocycles. The van der Waals surface area contributed by atoms with Gasteiger partial charge in [0, 0.05) is 68.1 Å². The second-order valence-corrected chi connectivity index (χ2v) is 17.6. The molecule has 2 bridgehead atoms. The van der Waals surface area contributed by atoms with Crippen molar-refractivity contribution in [2.24, 2.45) is 29.1 Å². The summed E-state index contributed by atoms with van der Waals surface area (Å²) in [7, 11) is 9.33. The van der Waals surface area contributed by atoms with Crippen molar-refractivity contribution in [1.82, 2.24) is 25.5 Å². The summed E-state index contributed by atoms with van der Waals surface area (Å²) in [6, 6.07) is 10.1. The third kappa shape index (κ3) is 8.16. The van der Waals surface area contributed by atoms with E-state index in [0.29, 0.717) is 55.1 Å². The van der Waals surface area contributed by atoms with Gasteiger partial charge in [-0.15, -0.1) is 0 Å². The summed E-state index contributed by atoms with van der Waals surface area (Å²) in [4.78, 5) is 53.6. The lowest BCUT2D eigenvalue weighted by molar-refractivity contribution is -0.183. The van der Waals surface area contributed by atoms with Gasteiger partial charge in [0.15, 0.2) is 0 Å². The highest BCUT2D eigenvalue weighted by Gasteiger charge is 2.57. The summed E-state index contributed by atoms with van der Waals surface area (Å²) >= 11 is 0. The van der Waals surface area contributed by atoms with Gasteiger partial charge in [0.2, 0.25) is 11.8 Å². The minimum absolute atomic E-state index is 0.0241. The van der Waals surface area contributed by atoms with Crippen LogP contribution in [0.1, 0.15) is 69.3 Å². The molecule has 3 saturated carbocycles. The molecule has 5 aliphatic rings. The van der Waals surface area contributed by atoms with Gasteiger partial charge in [0.05, 0.1) is 26.4 Å². The van der Waals surface area contributed by atoms with E-state index >= 15 is 0 Å². The van der Waals surface area contributed by atoms with Crippen LogP contribution < -0.4 is 20.3 Å². The van der Waals surface area contributed by atoms with Crippen molar-refractivity contribution in [1.29, 1.82) is 0 Å². The lowest BCUT2D eigenvalue weighted by Gasteiger charge is -2.62.